The summed E-state index contributed by atoms with van der Waals surface area (Å²) in [7, 11) is 0. The van der Waals surface area contributed by atoms with Crippen LogP contribution in [0.5, 0.6) is 0 Å². The number of hydrogen-bond acceptors (Lipinski definition) is 2. The highest BCUT2D eigenvalue weighted by Crippen LogP contribution is 2.65. The third kappa shape index (κ3) is 5.39. The van der Waals surface area contributed by atoms with Gasteiger partial charge in [0.05, 0.1) is 16.8 Å². The molecule has 0 saturated heterocycles. The Morgan fingerprint density at radius 1 is 0.239 bits per heavy atom. The average molecular weight is 851 g/mol. The summed E-state index contributed by atoms with van der Waals surface area (Å²) in [5.74, 6) is 0. The van der Waals surface area contributed by atoms with Crippen LogP contribution in [0.4, 0.5) is 34.1 Å². The third-order valence-electron chi connectivity index (χ3n) is 14.6. The van der Waals surface area contributed by atoms with Gasteiger partial charge in [-0.1, -0.05) is 194 Å². The van der Waals surface area contributed by atoms with Crippen molar-refractivity contribution >= 4 is 77.2 Å². The molecular weight excluding hydrogens is 809 g/mol. The minimum atomic E-state index is -0.578. The Bertz CT molecular complexity index is 3910. The molecule has 0 heterocycles. The molecule has 312 valence electrons. The van der Waals surface area contributed by atoms with Crippen LogP contribution in [-0.2, 0) is 5.41 Å². The van der Waals surface area contributed by atoms with Crippen LogP contribution in [0.1, 0.15) is 22.3 Å². The molecule has 1 atom stereocenters. The number of fused-ring (bicyclic) bond motifs is 17. The number of anilines is 6. The second kappa shape index (κ2) is 14.7. The minimum absolute atomic E-state index is 0.578. The number of nitrogens with zero attached hydrogens (tertiary/aromatic N) is 2. The monoisotopic (exact) mass is 850 g/mol. The molecule has 0 aromatic heterocycles. The first-order valence-electron chi connectivity index (χ1n) is 23.3. The summed E-state index contributed by atoms with van der Waals surface area (Å²) >= 11 is 0. The van der Waals surface area contributed by atoms with E-state index in [2.05, 4.69) is 265 Å². The summed E-state index contributed by atoms with van der Waals surface area (Å²) in [5, 5.41) is 10.0. The molecule has 1 spiro atoms. The molecular formula is C65H42N2. The molecule has 2 aliphatic rings. The van der Waals surface area contributed by atoms with E-state index in [1.165, 1.54) is 87.6 Å². The van der Waals surface area contributed by atoms with Crippen LogP contribution in [0.15, 0.2) is 255 Å². The van der Waals surface area contributed by atoms with Crippen molar-refractivity contribution in [3.05, 3.63) is 277 Å². The van der Waals surface area contributed by atoms with Gasteiger partial charge in [-0.05, 0) is 137 Å². The van der Waals surface area contributed by atoms with Gasteiger partial charge >= 0.3 is 0 Å². The van der Waals surface area contributed by atoms with E-state index in [1.807, 2.05) is 0 Å². The SMILES string of the molecule is c1ccc(N(c2ccc3c4ccccc4c4ccccc4c3c2)c2cccc3c2-c2ccccc2C32c3ccccc3-c3ccc(N(c4ccccc4)c4cccc5ccccc45)cc32)cc1. The molecule has 12 aromatic rings. The zero-order valence-electron chi connectivity index (χ0n) is 36.6. The van der Waals surface area contributed by atoms with Crippen LogP contribution in [0, 0.1) is 0 Å². The van der Waals surface area contributed by atoms with Crippen molar-refractivity contribution in [2.75, 3.05) is 9.80 Å². The fourth-order valence-electron chi connectivity index (χ4n) is 11.9. The van der Waals surface area contributed by atoms with E-state index in [4.69, 9.17) is 0 Å². The Kier molecular flexibility index (Phi) is 8.23. The topological polar surface area (TPSA) is 6.48 Å². The first kappa shape index (κ1) is 37.6. The van der Waals surface area contributed by atoms with Crippen LogP contribution < -0.4 is 9.80 Å². The molecule has 0 fully saturated rings. The second-order valence-electron chi connectivity index (χ2n) is 17.9. The summed E-state index contributed by atoms with van der Waals surface area (Å²) in [6, 6.07) is 94.5. The second-order valence-corrected chi connectivity index (χ2v) is 17.9. The molecule has 12 aromatic carbocycles. The largest absolute Gasteiger partial charge is 0.310 e. The van der Waals surface area contributed by atoms with Gasteiger partial charge in [0, 0.05) is 33.7 Å². The van der Waals surface area contributed by atoms with Gasteiger partial charge in [0.1, 0.15) is 0 Å². The maximum atomic E-state index is 2.50. The highest BCUT2D eigenvalue weighted by Gasteiger charge is 2.52. The lowest BCUT2D eigenvalue weighted by Crippen LogP contribution is -2.26. The van der Waals surface area contributed by atoms with Crippen LogP contribution in [0.25, 0.3) is 65.3 Å². The molecule has 0 amide bonds. The van der Waals surface area contributed by atoms with Crippen LogP contribution in [0.3, 0.4) is 0 Å². The van der Waals surface area contributed by atoms with E-state index in [0.29, 0.717) is 0 Å². The normalized spacial score (nSPS) is 14.3. The van der Waals surface area contributed by atoms with Gasteiger partial charge in [-0.2, -0.15) is 0 Å². The lowest BCUT2D eigenvalue weighted by molar-refractivity contribution is 0.793. The summed E-state index contributed by atoms with van der Waals surface area (Å²) in [6.07, 6.45) is 0. The van der Waals surface area contributed by atoms with E-state index in [-0.39, 0.29) is 0 Å². The van der Waals surface area contributed by atoms with Gasteiger partial charge in [0.2, 0.25) is 0 Å². The van der Waals surface area contributed by atoms with Crippen molar-refractivity contribution in [2.45, 2.75) is 5.41 Å². The highest BCUT2D eigenvalue weighted by molar-refractivity contribution is 6.26. The quantitative estimate of drug-likeness (QED) is 0.154. The highest BCUT2D eigenvalue weighted by atomic mass is 15.2. The van der Waals surface area contributed by atoms with Gasteiger partial charge in [0.15, 0.2) is 0 Å². The zero-order valence-corrected chi connectivity index (χ0v) is 36.6. The standard InChI is InChI=1S/C65H42N2/c1-3-21-44(22-4-1)66(62-35-17-20-43-19-7-8-25-48(43)62)47-38-40-55-54-30-13-15-32-58(54)65(61(55)42-47)59-33-16-14-31-56(59)64-60(65)34-18-36-63(64)67(45-23-5-2-6-24-45)46-37-39-53-51-28-10-9-26-49(51)50-27-11-12-29-52(50)57(53)41-46/h1-42H. The van der Waals surface area contributed by atoms with E-state index in [1.54, 1.807) is 0 Å². The van der Waals surface area contributed by atoms with Crippen molar-refractivity contribution < 1.29 is 0 Å². The van der Waals surface area contributed by atoms with E-state index in [0.717, 1.165) is 34.1 Å². The molecule has 2 aliphatic carbocycles. The first-order chi connectivity index (χ1) is 33.3. The van der Waals surface area contributed by atoms with E-state index < -0.39 is 5.41 Å². The number of rotatable bonds is 6. The van der Waals surface area contributed by atoms with Crippen LogP contribution >= 0.6 is 0 Å². The predicted molar refractivity (Wildman–Crippen MR) is 282 cm³/mol. The lowest BCUT2D eigenvalue weighted by atomic mass is 9.70. The molecule has 14 rings (SSSR count). The van der Waals surface area contributed by atoms with Gasteiger partial charge in [-0.25, -0.2) is 0 Å². The molecule has 0 radical (unpaired) electrons. The maximum absolute atomic E-state index is 2.50. The fourth-order valence-corrected chi connectivity index (χ4v) is 11.9. The molecule has 1 unspecified atom stereocenters. The molecule has 2 nitrogen and oxygen atoms in total. The number of hydrogen-bond donors (Lipinski definition) is 0. The predicted octanol–water partition coefficient (Wildman–Crippen LogP) is 17.6. The van der Waals surface area contributed by atoms with Crippen LogP contribution in [0.2, 0.25) is 0 Å². The Balaban J connectivity index is 1.04. The van der Waals surface area contributed by atoms with Gasteiger partial charge in [-0.15, -0.1) is 0 Å². The summed E-state index contributed by atoms with van der Waals surface area (Å²) in [5.41, 5.74) is 16.5. The average Bonchev–Trinajstić information content (AvgIpc) is 3.87. The van der Waals surface area contributed by atoms with Crippen molar-refractivity contribution in [1.29, 1.82) is 0 Å². The van der Waals surface area contributed by atoms with E-state index in [9.17, 15) is 0 Å². The van der Waals surface area contributed by atoms with Crippen molar-refractivity contribution in [1.82, 2.24) is 0 Å². The summed E-state index contributed by atoms with van der Waals surface area (Å²) in [6.45, 7) is 0. The Hall–Kier alpha value is -8.72. The number of para-hydroxylation sites is 2. The summed E-state index contributed by atoms with van der Waals surface area (Å²) < 4.78 is 0. The lowest BCUT2D eigenvalue weighted by Gasteiger charge is -2.33. The molecule has 67 heavy (non-hydrogen) atoms. The Morgan fingerprint density at radius 3 is 1.39 bits per heavy atom. The van der Waals surface area contributed by atoms with E-state index >= 15 is 0 Å². The molecule has 0 aliphatic heterocycles. The molecule has 2 heteroatoms. The first-order valence-corrected chi connectivity index (χ1v) is 23.3. The Labute approximate surface area is 389 Å². The smallest absolute Gasteiger partial charge is 0.0727 e. The Morgan fingerprint density at radius 2 is 0.687 bits per heavy atom. The molecule has 0 bridgehead atoms. The van der Waals surface area contributed by atoms with Crippen molar-refractivity contribution in [2.24, 2.45) is 0 Å². The van der Waals surface area contributed by atoms with Gasteiger partial charge < -0.3 is 9.80 Å². The third-order valence-corrected chi connectivity index (χ3v) is 14.6. The van der Waals surface area contributed by atoms with Crippen LogP contribution in [-0.4, -0.2) is 0 Å². The van der Waals surface area contributed by atoms with Gasteiger partial charge in [0.25, 0.3) is 0 Å². The minimum Gasteiger partial charge on any atom is -0.310 e. The fraction of sp³-hybridized carbons (Fsp3) is 0.0154. The molecule has 0 saturated carbocycles. The summed E-state index contributed by atoms with van der Waals surface area (Å²) in [4.78, 5) is 4.94. The van der Waals surface area contributed by atoms with Crippen molar-refractivity contribution in [3.63, 3.8) is 0 Å². The zero-order chi connectivity index (χ0) is 44.1. The van der Waals surface area contributed by atoms with Crippen molar-refractivity contribution in [3.8, 4) is 22.3 Å². The van der Waals surface area contributed by atoms with Gasteiger partial charge in [-0.3, -0.25) is 0 Å². The molecule has 0 N–H and O–H groups in total. The number of benzene rings is 12. The maximum Gasteiger partial charge on any atom is 0.0727 e.